The molecule has 0 amide bonds. The molecule has 1 heterocycles. The van der Waals surface area contributed by atoms with Crippen molar-refractivity contribution in [3.8, 4) is 11.9 Å². The van der Waals surface area contributed by atoms with Gasteiger partial charge in [0.05, 0.1) is 13.3 Å². The van der Waals surface area contributed by atoms with Gasteiger partial charge in [0.1, 0.15) is 11.1 Å². The smallest absolute Gasteiger partial charge is 0.236 e. The lowest BCUT2D eigenvalue weighted by atomic mass is 10.6. The fourth-order valence-corrected chi connectivity index (χ4v) is 0.717. The number of halogens is 1. The molecule has 0 unspecified atom stereocenters. The number of aromatic nitrogens is 2. The Balaban J connectivity index is 3.15. The molecule has 0 radical (unpaired) electrons. The Morgan fingerprint density at radius 1 is 1.73 bits per heavy atom. The first kappa shape index (κ1) is 7.76. The second kappa shape index (κ2) is 3.17. The van der Waals surface area contributed by atoms with Crippen molar-refractivity contribution in [3.05, 3.63) is 17.0 Å². The fraction of sp³-hybridized carbons (Fsp3) is 0.167. The van der Waals surface area contributed by atoms with Crippen LogP contribution < -0.4 is 4.74 Å². The highest BCUT2D eigenvalue weighted by molar-refractivity contribution is 6.31. The Bertz CT molecular complexity index is 307. The van der Waals surface area contributed by atoms with Gasteiger partial charge in [-0.2, -0.15) is 10.2 Å². The van der Waals surface area contributed by atoms with Gasteiger partial charge < -0.3 is 4.74 Å². The summed E-state index contributed by atoms with van der Waals surface area (Å²) in [5.74, 6) is 0.268. The molecule has 1 aromatic heterocycles. The normalized spacial score (nSPS) is 8.82. The molecule has 1 rings (SSSR count). The number of nitrogens with zero attached hydrogens (tertiary/aromatic N) is 3. The standard InChI is InChI=1S/C6H4ClN3O/c1-11-6-4(7)3-9-5(2-8)10-6/h3H,1H3. The molecule has 11 heavy (non-hydrogen) atoms. The van der Waals surface area contributed by atoms with Gasteiger partial charge in [-0.1, -0.05) is 11.6 Å². The van der Waals surface area contributed by atoms with Crippen LogP contribution in [0.25, 0.3) is 0 Å². The third-order valence-corrected chi connectivity index (χ3v) is 1.26. The van der Waals surface area contributed by atoms with E-state index in [2.05, 4.69) is 9.97 Å². The van der Waals surface area contributed by atoms with Crippen LogP contribution in [0.3, 0.4) is 0 Å². The summed E-state index contributed by atoms with van der Waals surface area (Å²) in [6, 6.07) is 1.77. The van der Waals surface area contributed by atoms with E-state index in [9.17, 15) is 0 Å². The average molecular weight is 170 g/mol. The Hall–Kier alpha value is -1.34. The lowest BCUT2D eigenvalue weighted by Crippen LogP contribution is -1.93. The molecule has 0 aliphatic carbocycles. The summed E-state index contributed by atoms with van der Waals surface area (Å²) < 4.78 is 4.75. The molecule has 4 nitrogen and oxygen atoms in total. The van der Waals surface area contributed by atoms with E-state index in [0.717, 1.165) is 0 Å². The lowest BCUT2D eigenvalue weighted by Gasteiger charge is -1.98. The van der Waals surface area contributed by atoms with Crippen LogP contribution in [0.15, 0.2) is 6.20 Å². The van der Waals surface area contributed by atoms with Crippen LogP contribution >= 0.6 is 11.6 Å². The molecule has 0 atom stereocenters. The van der Waals surface area contributed by atoms with Gasteiger partial charge in [0.25, 0.3) is 0 Å². The molecule has 0 saturated carbocycles. The van der Waals surface area contributed by atoms with E-state index < -0.39 is 0 Å². The Morgan fingerprint density at radius 2 is 2.45 bits per heavy atom. The molecule has 0 fully saturated rings. The monoisotopic (exact) mass is 169 g/mol. The predicted octanol–water partition coefficient (Wildman–Crippen LogP) is 1.01. The molecule has 0 aliphatic heterocycles. The van der Waals surface area contributed by atoms with E-state index in [1.54, 1.807) is 6.07 Å². The van der Waals surface area contributed by atoms with E-state index in [-0.39, 0.29) is 11.7 Å². The zero-order valence-electron chi connectivity index (χ0n) is 5.71. The molecule has 0 saturated heterocycles. The van der Waals surface area contributed by atoms with Crippen molar-refractivity contribution in [2.24, 2.45) is 0 Å². The summed E-state index contributed by atoms with van der Waals surface area (Å²) >= 11 is 5.59. The molecule has 0 aromatic carbocycles. The maximum absolute atomic E-state index is 8.37. The second-order valence-electron chi connectivity index (χ2n) is 1.66. The van der Waals surface area contributed by atoms with Gasteiger partial charge in [0.15, 0.2) is 0 Å². The van der Waals surface area contributed by atoms with Crippen LogP contribution in [0.1, 0.15) is 5.82 Å². The van der Waals surface area contributed by atoms with Crippen LogP contribution in [0, 0.1) is 11.3 Å². The van der Waals surface area contributed by atoms with Gasteiger partial charge in [-0.3, -0.25) is 0 Å². The van der Waals surface area contributed by atoms with Crippen molar-refractivity contribution in [3.63, 3.8) is 0 Å². The zero-order chi connectivity index (χ0) is 8.27. The third kappa shape index (κ3) is 1.57. The van der Waals surface area contributed by atoms with E-state index in [1.807, 2.05) is 0 Å². The molecule has 0 aliphatic rings. The highest BCUT2D eigenvalue weighted by Gasteiger charge is 2.03. The summed E-state index contributed by atoms with van der Waals surface area (Å²) in [4.78, 5) is 7.30. The largest absolute Gasteiger partial charge is 0.480 e. The highest BCUT2D eigenvalue weighted by atomic mass is 35.5. The molecule has 56 valence electrons. The zero-order valence-corrected chi connectivity index (χ0v) is 6.46. The van der Waals surface area contributed by atoms with Crippen LogP contribution in [0.4, 0.5) is 0 Å². The van der Waals surface area contributed by atoms with Crippen molar-refractivity contribution in [1.29, 1.82) is 5.26 Å². The Morgan fingerprint density at radius 3 is 3.00 bits per heavy atom. The summed E-state index contributed by atoms with van der Waals surface area (Å²) in [5.41, 5.74) is 0. The van der Waals surface area contributed by atoms with Crippen LogP contribution in [-0.4, -0.2) is 17.1 Å². The van der Waals surface area contributed by atoms with Gasteiger partial charge in [0, 0.05) is 0 Å². The van der Waals surface area contributed by atoms with Gasteiger partial charge in [-0.05, 0) is 0 Å². The van der Waals surface area contributed by atoms with Crippen molar-refractivity contribution >= 4 is 11.6 Å². The second-order valence-corrected chi connectivity index (χ2v) is 2.07. The summed E-state index contributed by atoms with van der Waals surface area (Å²) in [6.45, 7) is 0. The van der Waals surface area contributed by atoms with E-state index in [1.165, 1.54) is 13.3 Å². The quantitative estimate of drug-likeness (QED) is 0.630. The van der Waals surface area contributed by atoms with Gasteiger partial charge >= 0.3 is 0 Å². The van der Waals surface area contributed by atoms with Crippen molar-refractivity contribution in [2.75, 3.05) is 7.11 Å². The summed E-state index contributed by atoms with van der Waals surface area (Å²) in [5, 5.41) is 8.67. The number of methoxy groups -OCH3 is 1. The van der Waals surface area contributed by atoms with Crippen molar-refractivity contribution in [2.45, 2.75) is 0 Å². The minimum atomic E-state index is 0.0475. The molecule has 0 bridgehead atoms. The maximum Gasteiger partial charge on any atom is 0.236 e. The number of rotatable bonds is 1. The lowest BCUT2D eigenvalue weighted by molar-refractivity contribution is 0.396. The first-order chi connectivity index (χ1) is 5.27. The van der Waals surface area contributed by atoms with Gasteiger partial charge in [0.2, 0.25) is 11.7 Å². The van der Waals surface area contributed by atoms with Gasteiger partial charge in [-0.25, -0.2) is 4.98 Å². The molecule has 0 N–H and O–H groups in total. The van der Waals surface area contributed by atoms with Crippen LogP contribution in [0.2, 0.25) is 5.02 Å². The number of ether oxygens (including phenoxy) is 1. The maximum atomic E-state index is 8.37. The summed E-state index contributed by atoms with van der Waals surface area (Å²) in [6.07, 6.45) is 1.33. The number of hydrogen-bond donors (Lipinski definition) is 0. The highest BCUT2D eigenvalue weighted by Crippen LogP contribution is 2.18. The summed E-state index contributed by atoms with van der Waals surface area (Å²) in [7, 11) is 1.43. The fourth-order valence-electron chi connectivity index (χ4n) is 0.549. The first-order valence-corrected chi connectivity index (χ1v) is 3.12. The van der Waals surface area contributed by atoms with Crippen molar-refractivity contribution in [1.82, 2.24) is 9.97 Å². The Labute approximate surface area is 68.4 Å². The van der Waals surface area contributed by atoms with Gasteiger partial charge in [-0.15, -0.1) is 0 Å². The molecular weight excluding hydrogens is 166 g/mol. The minimum Gasteiger partial charge on any atom is -0.480 e. The molecule has 0 spiro atoms. The third-order valence-electron chi connectivity index (χ3n) is 1.01. The number of nitriles is 1. The average Bonchev–Trinajstić information content (AvgIpc) is 2.05. The van der Waals surface area contributed by atoms with E-state index >= 15 is 0 Å². The SMILES string of the molecule is COc1nc(C#N)ncc1Cl. The van der Waals surface area contributed by atoms with E-state index in [4.69, 9.17) is 21.6 Å². The minimum absolute atomic E-state index is 0.0475. The molecular formula is C6H4ClN3O. The number of hydrogen-bond acceptors (Lipinski definition) is 4. The van der Waals surface area contributed by atoms with E-state index in [0.29, 0.717) is 5.02 Å². The molecule has 1 aromatic rings. The van der Waals surface area contributed by atoms with Crippen molar-refractivity contribution < 1.29 is 4.74 Å². The topological polar surface area (TPSA) is 58.8 Å². The first-order valence-electron chi connectivity index (χ1n) is 2.74. The molecule has 5 heteroatoms. The predicted molar refractivity (Wildman–Crippen MR) is 38.3 cm³/mol. The van der Waals surface area contributed by atoms with Crippen LogP contribution in [-0.2, 0) is 0 Å². The Kier molecular flexibility index (Phi) is 2.24. The van der Waals surface area contributed by atoms with Crippen LogP contribution in [0.5, 0.6) is 5.88 Å².